The largest absolute Gasteiger partial charge is 0.408 e. The van der Waals surface area contributed by atoms with Crippen LogP contribution in [-0.2, 0) is 0 Å². The summed E-state index contributed by atoms with van der Waals surface area (Å²) in [4.78, 5) is 14.4. The molecule has 0 saturated carbocycles. The molecule has 0 unspecified atom stereocenters. The van der Waals surface area contributed by atoms with E-state index < -0.39 is 59.9 Å². The molecule has 0 saturated heterocycles. The standard InChI is InChI=1S/C14H13ClF6N6/c1-6(13(16,17)18)22-11-25-10(8-4-3-5-9(15)24-8)26-12(27-11)23-7(2)14(19,20)21/h3-7H,1-2H3,(H2,22,23,25,26,27)/t6-,7-/m1/s1/i3D,4D,6D. The minimum absolute atomic E-state index is 0.278. The molecule has 27 heavy (non-hydrogen) atoms. The SMILES string of the molecule is [2H]c1cc(Cl)nc(-c2nc(N[C@H](C)C(F)(F)F)nc(N[C@]([2H])(C)C(F)(F)F)n2)c1[2H]. The molecule has 2 aromatic heterocycles. The van der Waals surface area contributed by atoms with Crippen LogP contribution in [0.1, 0.15) is 18.0 Å². The van der Waals surface area contributed by atoms with Gasteiger partial charge in [0.05, 0.1) is 4.11 Å². The number of alkyl halides is 6. The van der Waals surface area contributed by atoms with Gasteiger partial charge >= 0.3 is 12.4 Å². The van der Waals surface area contributed by atoms with E-state index in [1.165, 1.54) is 0 Å². The molecule has 0 amide bonds. The van der Waals surface area contributed by atoms with Crippen molar-refractivity contribution in [3.8, 4) is 11.5 Å². The molecule has 2 atom stereocenters. The van der Waals surface area contributed by atoms with E-state index in [1.807, 2.05) is 5.32 Å². The van der Waals surface area contributed by atoms with Gasteiger partial charge in [-0.1, -0.05) is 17.6 Å². The number of hydrogen-bond acceptors (Lipinski definition) is 6. The van der Waals surface area contributed by atoms with Crippen LogP contribution in [0.25, 0.3) is 11.5 Å². The molecular formula is C14H13ClF6N6. The molecule has 0 radical (unpaired) electrons. The van der Waals surface area contributed by atoms with Gasteiger partial charge in [0, 0.05) is 0 Å². The van der Waals surface area contributed by atoms with E-state index in [2.05, 4.69) is 19.9 Å². The van der Waals surface area contributed by atoms with Gasteiger partial charge in [-0.3, -0.25) is 0 Å². The Morgan fingerprint density at radius 1 is 1.00 bits per heavy atom. The van der Waals surface area contributed by atoms with Gasteiger partial charge in [-0.25, -0.2) is 4.98 Å². The van der Waals surface area contributed by atoms with Crippen molar-refractivity contribution in [3.63, 3.8) is 0 Å². The lowest BCUT2D eigenvalue weighted by molar-refractivity contribution is -0.139. The first-order valence-corrected chi connectivity index (χ1v) is 7.47. The summed E-state index contributed by atoms with van der Waals surface area (Å²) in [5.41, 5.74) is -0.473. The molecule has 2 N–H and O–H groups in total. The van der Waals surface area contributed by atoms with Crippen LogP contribution in [0.2, 0.25) is 5.15 Å². The topological polar surface area (TPSA) is 75.6 Å². The molecule has 13 heteroatoms. The molecule has 6 nitrogen and oxygen atoms in total. The van der Waals surface area contributed by atoms with E-state index in [0.29, 0.717) is 6.92 Å². The second-order valence-electron chi connectivity index (χ2n) is 5.16. The molecular weight excluding hydrogens is 402 g/mol. The van der Waals surface area contributed by atoms with Crippen molar-refractivity contribution >= 4 is 23.5 Å². The smallest absolute Gasteiger partial charge is 0.343 e. The molecule has 0 aliphatic rings. The third kappa shape index (κ3) is 5.81. The van der Waals surface area contributed by atoms with Crippen molar-refractivity contribution in [2.75, 3.05) is 10.6 Å². The van der Waals surface area contributed by atoms with Crippen LogP contribution < -0.4 is 10.6 Å². The number of anilines is 2. The zero-order chi connectivity index (χ0) is 23.1. The van der Waals surface area contributed by atoms with E-state index in [4.69, 9.17) is 15.7 Å². The number of hydrogen-bond donors (Lipinski definition) is 2. The predicted octanol–water partition coefficient (Wildman–Crippen LogP) is 4.31. The summed E-state index contributed by atoms with van der Waals surface area (Å²) in [5, 5.41) is 3.25. The Kier molecular flexibility index (Phi) is 4.79. The Balaban J connectivity index is 2.61. The van der Waals surface area contributed by atoms with Crippen LogP contribution in [0, 0.1) is 0 Å². The third-order valence-corrected chi connectivity index (χ3v) is 3.20. The summed E-state index contributed by atoms with van der Waals surface area (Å²) in [7, 11) is 0. The number of pyridine rings is 1. The summed E-state index contributed by atoms with van der Waals surface area (Å²) in [6, 6.07) is -5.50. The molecule has 2 aromatic rings. The molecule has 0 spiro atoms. The van der Waals surface area contributed by atoms with Crippen LogP contribution >= 0.6 is 11.6 Å². The van der Waals surface area contributed by atoms with Crippen molar-refractivity contribution in [2.45, 2.75) is 38.3 Å². The summed E-state index contributed by atoms with van der Waals surface area (Å²) in [6.45, 7) is 1.16. The van der Waals surface area contributed by atoms with E-state index in [0.717, 1.165) is 13.0 Å². The maximum Gasteiger partial charge on any atom is 0.408 e. The van der Waals surface area contributed by atoms with E-state index in [-0.39, 0.29) is 5.15 Å². The predicted molar refractivity (Wildman–Crippen MR) is 86.3 cm³/mol. The van der Waals surface area contributed by atoms with Gasteiger partial charge in [0.15, 0.2) is 5.82 Å². The number of rotatable bonds is 5. The highest BCUT2D eigenvalue weighted by Crippen LogP contribution is 2.26. The molecule has 148 valence electrons. The van der Waals surface area contributed by atoms with E-state index in [9.17, 15) is 26.3 Å². The van der Waals surface area contributed by atoms with Crippen molar-refractivity contribution in [1.29, 1.82) is 0 Å². The van der Waals surface area contributed by atoms with Crippen molar-refractivity contribution < 1.29 is 30.5 Å². The third-order valence-electron chi connectivity index (χ3n) is 3.01. The molecule has 0 bridgehead atoms. The Bertz CT molecular complexity index is 940. The van der Waals surface area contributed by atoms with Crippen LogP contribution in [0.3, 0.4) is 0 Å². The average Bonchev–Trinajstić information content (AvgIpc) is 2.55. The first kappa shape index (κ1) is 16.8. The highest BCUT2D eigenvalue weighted by Gasteiger charge is 2.38. The highest BCUT2D eigenvalue weighted by atomic mass is 35.5. The molecule has 0 aromatic carbocycles. The Morgan fingerprint density at radius 3 is 2.15 bits per heavy atom. The number of aromatic nitrogens is 4. The lowest BCUT2D eigenvalue weighted by Gasteiger charge is -2.20. The fourth-order valence-corrected chi connectivity index (χ4v) is 1.69. The second kappa shape index (κ2) is 7.71. The Morgan fingerprint density at radius 2 is 1.59 bits per heavy atom. The fourth-order valence-electron chi connectivity index (χ4n) is 1.55. The van der Waals surface area contributed by atoms with Gasteiger partial charge in [0.1, 0.15) is 22.9 Å². The monoisotopic (exact) mass is 417 g/mol. The lowest BCUT2D eigenvalue weighted by Crippen LogP contribution is -2.35. The first-order valence-electron chi connectivity index (χ1n) is 8.59. The van der Waals surface area contributed by atoms with Gasteiger partial charge in [-0.05, 0) is 26.0 Å². The zero-order valence-electron chi connectivity index (χ0n) is 16.6. The van der Waals surface area contributed by atoms with Gasteiger partial charge in [-0.15, -0.1) is 0 Å². The quantitative estimate of drug-likeness (QED) is 0.557. The first-order chi connectivity index (χ1) is 13.5. The van der Waals surface area contributed by atoms with Crippen molar-refractivity contribution in [1.82, 2.24) is 19.9 Å². The van der Waals surface area contributed by atoms with Gasteiger partial charge < -0.3 is 10.6 Å². The maximum atomic E-state index is 13.0. The van der Waals surface area contributed by atoms with Gasteiger partial charge in [-0.2, -0.15) is 41.3 Å². The molecule has 0 fully saturated rings. The summed E-state index contributed by atoms with van der Waals surface area (Å²) < 4.78 is 100. The van der Waals surface area contributed by atoms with Crippen LogP contribution in [-0.4, -0.2) is 44.3 Å². The highest BCUT2D eigenvalue weighted by molar-refractivity contribution is 6.29. The minimum Gasteiger partial charge on any atom is -0.343 e. The van der Waals surface area contributed by atoms with Gasteiger partial charge in [0.2, 0.25) is 11.9 Å². The Labute approximate surface area is 158 Å². The van der Waals surface area contributed by atoms with Crippen molar-refractivity contribution in [2.24, 2.45) is 0 Å². The van der Waals surface area contributed by atoms with Crippen LogP contribution in [0.5, 0.6) is 0 Å². The summed E-state index contributed by atoms with van der Waals surface area (Å²) in [5.74, 6) is -2.32. The number of nitrogens with zero attached hydrogens (tertiary/aromatic N) is 4. The van der Waals surface area contributed by atoms with Gasteiger partial charge in [0.25, 0.3) is 0 Å². The lowest BCUT2D eigenvalue weighted by atomic mass is 10.3. The molecule has 2 heterocycles. The summed E-state index contributed by atoms with van der Waals surface area (Å²) in [6.07, 6.45) is -9.82. The summed E-state index contributed by atoms with van der Waals surface area (Å²) >= 11 is 5.72. The van der Waals surface area contributed by atoms with E-state index >= 15 is 0 Å². The van der Waals surface area contributed by atoms with Crippen LogP contribution in [0.15, 0.2) is 18.2 Å². The van der Waals surface area contributed by atoms with Crippen LogP contribution in [0.4, 0.5) is 38.2 Å². The normalized spacial score (nSPS) is 17.3. The van der Waals surface area contributed by atoms with E-state index in [1.54, 1.807) is 5.32 Å². The number of nitrogens with one attached hydrogen (secondary N) is 2. The minimum atomic E-state index is -5.09. The zero-order valence-corrected chi connectivity index (χ0v) is 14.3. The maximum absolute atomic E-state index is 13.0. The molecule has 2 rings (SSSR count). The number of halogens is 7. The second-order valence-corrected chi connectivity index (χ2v) is 5.55. The van der Waals surface area contributed by atoms with Crippen molar-refractivity contribution in [3.05, 3.63) is 23.3 Å². The average molecular weight is 418 g/mol. The molecule has 0 aliphatic heterocycles. The fraction of sp³-hybridized carbons (Fsp3) is 0.429. The molecule has 0 aliphatic carbocycles. The Hall–Kier alpha value is -2.37.